The Morgan fingerprint density at radius 1 is 1.60 bits per heavy atom. The van der Waals surface area contributed by atoms with Crippen LogP contribution in [0.4, 0.5) is 0 Å². The average Bonchev–Trinajstić information content (AvgIpc) is 1.78. The summed E-state index contributed by atoms with van der Waals surface area (Å²) in [5, 5.41) is 0. The predicted octanol–water partition coefficient (Wildman–Crippen LogP) is 1.52. The highest BCUT2D eigenvalue weighted by atomic mass is 16.5. The van der Waals surface area contributed by atoms with E-state index in [0.29, 0.717) is 6.61 Å². The van der Waals surface area contributed by atoms with Crippen LogP contribution in [0.15, 0.2) is 12.2 Å². The van der Waals surface area contributed by atoms with Gasteiger partial charge in [0, 0.05) is 0 Å². The summed E-state index contributed by atoms with van der Waals surface area (Å²) < 4.78 is 4.87. The molecule has 0 saturated carbocycles. The summed E-state index contributed by atoms with van der Waals surface area (Å²) in [7, 11) is 0. The van der Waals surface area contributed by atoms with Crippen LogP contribution in [0.2, 0.25) is 0 Å². The van der Waals surface area contributed by atoms with E-state index in [9.17, 15) is 4.79 Å². The minimum atomic E-state index is -0.352. The van der Waals surface area contributed by atoms with Gasteiger partial charge in [-0.05, 0) is 25.8 Å². The van der Waals surface area contributed by atoms with E-state index < -0.39 is 0 Å². The molecule has 1 saturated heterocycles. The lowest BCUT2D eigenvalue weighted by Crippen LogP contribution is -2.32. The van der Waals surface area contributed by atoms with E-state index in [1.807, 2.05) is 13.8 Å². The van der Waals surface area contributed by atoms with Crippen molar-refractivity contribution in [2.75, 3.05) is 6.61 Å². The van der Waals surface area contributed by atoms with Crippen LogP contribution in [0, 0.1) is 5.41 Å². The van der Waals surface area contributed by atoms with Gasteiger partial charge in [-0.3, -0.25) is 4.79 Å². The van der Waals surface area contributed by atoms with Crippen LogP contribution >= 0.6 is 0 Å². The molecule has 0 aromatic heterocycles. The number of carbonyl (C=O) groups is 1. The molecule has 0 atom stereocenters. The van der Waals surface area contributed by atoms with Gasteiger partial charge in [0.2, 0.25) is 0 Å². The normalized spacial score (nSPS) is 24.2. The zero-order valence-corrected chi connectivity index (χ0v) is 6.44. The van der Waals surface area contributed by atoms with Gasteiger partial charge in [-0.25, -0.2) is 0 Å². The van der Waals surface area contributed by atoms with Crippen molar-refractivity contribution in [2.24, 2.45) is 5.41 Å². The Morgan fingerprint density at radius 3 is 2.60 bits per heavy atom. The molecule has 1 aliphatic heterocycles. The summed E-state index contributed by atoms with van der Waals surface area (Å²) in [6, 6.07) is 0. The average molecular weight is 140 g/mol. The van der Waals surface area contributed by atoms with Gasteiger partial charge in [-0.2, -0.15) is 0 Å². The lowest BCUT2D eigenvalue weighted by molar-refractivity contribution is -0.156. The second kappa shape index (κ2) is 2.11. The largest absolute Gasteiger partial charge is 0.461 e. The summed E-state index contributed by atoms with van der Waals surface area (Å²) in [5.74, 6) is -0.111. The molecule has 2 nitrogen and oxygen atoms in total. The van der Waals surface area contributed by atoms with Crippen LogP contribution in [0.5, 0.6) is 0 Å². The van der Waals surface area contributed by atoms with E-state index >= 15 is 0 Å². The zero-order valence-electron chi connectivity index (χ0n) is 6.44. The Bertz CT molecular complexity index is 180. The van der Waals surface area contributed by atoms with E-state index in [4.69, 9.17) is 4.74 Å². The van der Waals surface area contributed by atoms with Crippen LogP contribution in [-0.2, 0) is 9.53 Å². The molecule has 0 radical (unpaired) electrons. The topological polar surface area (TPSA) is 26.3 Å². The maximum Gasteiger partial charge on any atom is 0.312 e. The van der Waals surface area contributed by atoms with Gasteiger partial charge in [-0.1, -0.05) is 6.58 Å². The highest BCUT2D eigenvalue weighted by molar-refractivity contribution is 5.77. The lowest BCUT2D eigenvalue weighted by Gasteiger charge is -2.28. The summed E-state index contributed by atoms with van der Waals surface area (Å²) in [6.07, 6.45) is 0.756. The summed E-state index contributed by atoms with van der Waals surface area (Å²) in [4.78, 5) is 11.0. The fourth-order valence-corrected chi connectivity index (χ4v) is 1.11. The van der Waals surface area contributed by atoms with Crippen molar-refractivity contribution in [3.63, 3.8) is 0 Å². The van der Waals surface area contributed by atoms with E-state index in [-0.39, 0.29) is 11.4 Å². The van der Waals surface area contributed by atoms with Gasteiger partial charge in [-0.15, -0.1) is 0 Å². The predicted molar refractivity (Wildman–Crippen MR) is 38.5 cm³/mol. The molecular formula is C8H12O2. The monoisotopic (exact) mass is 140 g/mol. The number of esters is 1. The maximum absolute atomic E-state index is 11.0. The third-order valence-electron chi connectivity index (χ3n) is 1.65. The first-order valence-corrected chi connectivity index (χ1v) is 3.36. The maximum atomic E-state index is 11.0. The van der Waals surface area contributed by atoms with Gasteiger partial charge in [0.25, 0.3) is 0 Å². The molecule has 1 fully saturated rings. The van der Waals surface area contributed by atoms with Crippen molar-refractivity contribution >= 4 is 5.97 Å². The molecule has 1 rings (SSSR count). The molecule has 1 heterocycles. The second-order valence-electron chi connectivity index (χ2n) is 3.39. The first-order valence-electron chi connectivity index (χ1n) is 3.36. The molecule has 2 heteroatoms. The summed E-state index contributed by atoms with van der Waals surface area (Å²) in [6.45, 7) is 7.92. The van der Waals surface area contributed by atoms with E-state index in [1.54, 1.807) is 0 Å². The Labute approximate surface area is 60.9 Å². The van der Waals surface area contributed by atoms with Crippen LogP contribution in [-0.4, -0.2) is 12.6 Å². The molecule has 10 heavy (non-hydrogen) atoms. The summed E-state index contributed by atoms with van der Waals surface area (Å²) in [5.41, 5.74) is 0.652. The van der Waals surface area contributed by atoms with E-state index in [1.165, 1.54) is 0 Å². The van der Waals surface area contributed by atoms with Crippen LogP contribution in [0.1, 0.15) is 20.3 Å². The van der Waals surface area contributed by atoms with Crippen molar-refractivity contribution in [3.05, 3.63) is 12.2 Å². The lowest BCUT2D eigenvalue weighted by atomic mass is 9.84. The first-order chi connectivity index (χ1) is 4.52. The molecule has 0 amide bonds. The fourth-order valence-electron chi connectivity index (χ4n) is 1.11. The Hall–Kier alpha value is -0.790. The minimum Gasteiger partial charge on any atom is -0.461 e. The van der Waals surface area contributed by atoms with Crippen LogP contribution < -0.4 is 0 Å². The Morgan fingerprint density at radius 2 is 2.20 bits per heavy atom. The molecule has 56 valence electrons. The number of ether oxygens (including phenoxy) is 1. The highest BCUT2D eigenvalue weighted by Gasteiger charge is 2.33. The highest BCUT2D eigenvalue weighted by Crippen LogP contribution is 2.30. The SMILES string of the molecule is C=C1COC(=O)C(C)(C)C1. The van der Waals surface area contributed by atoms with Crippen LogP contribution in [0.25, 0.3) is 0 Å². The molecule has 0 aliphatic carbocycles. The minimum absolute atomic E-state index is 0.111. The standard InChI is InChI=1S/C8H12O2/c1-6-4-8(2,3)7(9)10-5-6/h1,4-5H2,2-3H3. The summed E-state index contributed by atoms with van der Waals surface area (Å²) >= 11 is 0. The Balaban J connectivity index is 2.73. The molecule has 0 bridgehead atoms. The van der Waals surface area contributed by atoms with E-state index in [2.05, 4.69) is 6.58 Å². The molecule has 0 spiro atoms. The fraction of sp³-hybridized carbons (Fsp3) is 0.625. The van der Waals surface area contributed by atoms with Crippen molar-refractivity contribution in [2.45, 2.75) is 20.3 Å². The third kappa shape index (κ3) is 1.20. The number of carbonyl (C=O) groups excluding carboxylic acids is 1. The number of cyclic esters (lactones) is 1. The van der Waals surface area contributed by atoms with Gasteiger partial charge < -0.3 is 4.74 Å². The van der Waals surface area contributed by atoms with Gasteiger partial charge in [0.05, 0.1) is 5.41 Å². The van der Waals surface area contributed by atoms with Crippen LogP contribution in [0.3, 0.4) is 0 Å². The number of hydrogen-bond donors (Lipinski definition) is 0. The quantitative estimate of drug-likeness (QED) is 0.376. The number of hydrogen-bond acceptors (Lipinski definition) is 2. The van der Waals surface area contributed by atoms with Gasteiger partial charge >= 0.3 is 5.97 Å². The van der Waals surface area contributed by atoms with Crippen molar-refractivity contribution < 1.29 is 9.53 Å². The van der Waals surface area contributed by atoms with Crippen molar-refractivity contribution in [3.8, 4) is 0 Å². The Kier molecular flexibility index (Phi) is 1.55. The molecule has 0 unspecified atom stereocenters. The molecule has 0 aromatic rings. The first kappa shape index (κ1) is 7.32. The van der Waals surface area contributed by atoms with E-state index in [0.717, 1.165) is 12.0 Å². The van der Waals surface area contributed by atoms with Gasteiger partial charge in [0.15, 0.2) is 0 Å². The molecule has 1 aliphatic rings. The van der Waals surface area contributed by atoms with Gasteiger partial charge in [0.1, 0.15) is 6.61 Å². The zero-order chi connectivity index (χ0) is 7.78. The second-order valence-corrected chi connectivity index (χ2v) is 3.39. The molecule has 0 aromatic carbocycles. The van der Waals surface area contributed by atoms with Crippen molar-refractivity contribution in [1.29, 1.82) is 0 Å². The molecular weight excluding hydrogens is 128 g/mol. The number of rotatable bonds is 0. The third-order valence-corrected chi connectivity index (χ3v) is 1.65. The smallest absolute Gasteiger partial charge is 0.312 e. The van der Waals surface area contributed by atoms with Crippen molar-refractivity contribution in [1.82, 2.24) is 0 Å². The molecule has 0 N–H and O–H groups in total.